The summed E-state index contributed by atoms with van der Waals surface area (Å²) >= 11 is 6.11. The highest BCUT2D eigenvalue weighted by Gasteiger charge is 2.20. The summed E-state index contributed by atoms with van der Waals surface area (Å²) in [4.78, 5) is 7.12. The SMILES string of the molecule is Cc1cccc2nc(CCl)n(CC3CCCN(C)C3)c12. The van der Waals surface area contributed by atoms with Gasteiger partial charge in [0.05, 0.1) is 16.9 Å². The lowest BCUT2D eigenvalue weighted by atomic mass is 9.98. The van der Waals surface area contributed by atoms with Gasteiger partial charge in [0.1, 0.15) is 5.82 Å². The monoisotopic (exact) mass is 291 g/mol. The second-order valence-corrected chi connectivity index (χ2v) is 6.25. The third kappa shape index (κ3) is 2.57. The van der Waals surface area contributed by atoms with Crippen LogP contribution in [-0.4, -0.2) is 34.6 Å². The zero-order chi connectivity index (χ0) is 14.1. The number of likely N-dealkylation sites (tertiary alicyclic amines) is 1. The Bertz CT molecular complexity index is 605. The minimum atomic E-state index is 0.483. The number of alkyl halides is 1. The van der Waals surface area contributed by atoms with Crippen molar-refractivity contribution in [1.29, 1.82) is 0 Å². The van der Waals surface area contributed by atoms with Crippen LogP contribution in [0.3, 0.4) is 0 Å². The van der Waals surface area contributed by atoms with Crippen molar-refractivity contribution in [3.05, 3.63) is 29.6 Å². The topological polar surface area (TPSA) is 21.1 Å². The number of aryl methyl sites for hydroxylation is 1. The lowest BCUT2D eigenvalue weighted by Gasteiger charge is -2.30. The van der Waals surface area contributed by atoms with Crippen LogP contribution in [-0.2, 0) is 12.4 Å². The molecule has 20 heavy (non-hydrogen) atoms. The Morgan fingerprint density at radius 3 is 3.00 bits per heavy atom. The van der Waals surface area contributed by atoms with Gasteiger partial charge >= 0.3 is 0 Å². The number of halogens is 1. The average molecular weight is 292 g/mol. The molecule has 1 fully saturated rings. The van der Waals surface area contributed by atoms with E-state index in [1.54, 1.807) is 0 Å². The minimum Gasteiger partial charge on any atom is -0.326 e. The van der Waals surface area contributed by atoms with Gasteiger partial charge in [-0.25, -0.2) is 4.98 Å². The number of imidazole rings is 1. The molecule has 2 heterocycles. The van der Waals surface area contributed by atoms with E-state index in [0.717, 1.165) is 17.9 Å². The normalized spacial score (nSPS) is 20.6. The quantitative estimate of drug-likeness (QED) is 0.808. The molecule has 4 heteroatoms. The van der Waals surface area contributed by atoms with Crippen molar-refractivity contribution >= 4 is 22.6 Å². The van der Waals surface area contributed by atoms with Crippen LogP contribution in [0.25, 0.3) is 11.0 Å². The van der Waals surface area contributed by atoms with E-state index in [9.17, 15) is 0 Å². The molecule has 1 atom stereocenters. The zero-order valence-electron chi connectivity index (χ0n) is 12.3. The number of nitrogens with zero attached hydrogens (tertiary/aromatic N) is 3. The molecule has 1 aliphatic heterocycles. The van der Waals surface area contributed by atoms with Gasteiger partial charge in [-0.2, -0.15) is 0 Å². The number of hydrogen-bond acceptors (Lipinski definition) is 2. The van der Waals surface area contributed by atoms with Crippen LogP contribution in [0.2, 0.25) is 0 Å². The van der Waals surface area contributed by atoms with E-state index < -0.39 is 0 Å². The fourth-order valence-corrected chi connectivity index (χ4v) is 3.60. The standard InChI is InChI=1S/C16H22ClN3/c1-12-5-3-7-14-16(12)20(15(9-17)18-14)11-13-6-4-8-19(2)10-13/h3,5,7,13H,4,6,8-11H2,1-2H3. The molecule has 1 aromatic heterocycles. The van der Waals surface area contributed by atoms with Crippen LogP contribution in [0, 0.1) is 12.8 Å². The molecule has 0 aliphatic carbocycles. The smallest absolute Gasteiger partial charge is 0.124 e. The zero-order valence-corrected chi connectivity index (χ0v) is 13.0. The predicted octanol–water partition coefficient (Wildman–Crippen LogP) is 3.43. The molecule has 0 N–H and O–H groups in total. The first-order valence-electron chi connectivity index (χ1n) is 7.38. The molecule has 1 saturated heterocycles. The highest BCUT2D eigenvalue weighted by atomic mass is 35.5. The maximum atomic E-state index is 6.11. The lowest BCUT2D eigenvalue weighted by Crippen LogP contribution is -2.34. The Hall–Kier alpha value is -1.06. The number of para-hydroxylation sites is 1. The second kappa shape index (κ2) is 5.74. The van der Waals surface area contributed by atoms with E-state index in [2.05, 4.69) is 41.6 Å². The van der Waals surface area contributed by atoms with Gasteiger partial charge in [-0.3, -0.25) is 0 Å². The minimum absolute atomic E-state index is 0.483. The van der Waals surface area contributed by atoms with Crippen LogP contribution in [0.5, 0.6) is 0 Å². The van der Waals surface area contributed by atoms with Crippen LogP contribution >= 0.6 is 11.6 Å². The number of aromatic nitrogens is 2. The second-order valence-electron chi connectivity index (χ2n) is 5.99. The first-order chi connectivity index (χ1) is 9.69. The molecule has 108 valence electrons. The van der Waals surface area contributed by atoms with E-state index in [-0.39, 0.29) is 0 Å². The molecule has 0 amide bonds. The van der Waals surface area contributed by atoms with Gasteiger partial charge < -0.3 is 9.47 Å². The molecule has 0 saturated carbocycles. The lowest BCUT2D eigenvalue weighted by molar-refractivity contribution is 0.195. The molecular weight excluding hydrogens is 270 g/mol. The number of piperidine rings is 1. The molecule has 0 radical (unpaired) electrons. The van der Waals surface area contributed by atoms with Gasteiger partial charge in [0.25, 0.3) is 0 Å². The molecule has 0 bridgehead atoms. The first kappa shape index (κ1) is 13.9. The Balaban J connectivity index is 1.97. The summed E-state index contributed by atoms with van der Waals surface area (Å²) in [6.45, 7) is 5.59. The Labute approximate surface area is 125 Å². The van der Waals surface area contributed by atoms with E-state index in [1.807, 2.05) is 0 Å². The number of rotatable bonds is 3. The molecule has 0 spiro atoms. The molecule has 1 aromatic carbocycles. The first-order valence-corrected chi connectivity index (χ1v) is 7.91. The highest BCUT2D eigenvalue weighted by molar-refractivity contribution is 6.16. The summed E-state index contributed by atoms with van der Waals surface area (Å²) in [5.41, 5.74) is 3.62. The van der Waals surface area contributed by atoms with E-state index in [1.165, 1.54) is 37.0 Å². The van der Waals surface area contributed by atoms with E-state index in [4.69, 9.17) is 16.6 Å². The number of hydrogen-bond donors (Lipinski definition) is 0. The van der Waals surface area contributed by atoms with Crippen LogP contribution < -0.4 is 0 Å². The van der Waals surface area contributed by atoms with Crippen molar-refractivity contribution < 1.29 is 0 Å². The van der Waals surface area contributed by atoms with Gasteiger partial charge in [-0.15, -0.1) is 11.6 Å². The highest BCUT2D eigenvalue weighted by Crippen LogP contribution is 2.25. The van der Waals surface area contributed by atoms with Gasteiger partial charge in [-0.1, -0.05) is 12.1 Å². The average Bonchev–Trinajstić information content (AvgIpc) is 2.78. The third-order valence-corrected chi connectivity index (χ3v) is 4.57. The van der Waals surface area contributed by atoms with Crippen molar-refractivity contribution in [3.63, 3.8) is 0 Å². The van der Waals surface area contributed by atoms with Gasteiger partial charge in [0.15, 0.2) is 0 Å². The largest absolute Gasteiger partial charge is 0.326 e. The van der Waals surface area contributed by atoms with Crippen molar-refractivity contribution in [3.8, 4) is 0 Å². The van der Waals surface area contributed by atoms with Crippen LogP contribution in [0.15, 0.2) is 18.2 Å². The summed E-state index contributed by atoms with van der Waals surface area (Å²) < 4.78 is 2.35. The fourth-order valence-electron chi connectivity index (χ4n) is 3.39. The summed E-state index contributed by atoms with van der Waals surface area (Å²) in [6, 6.07) is 6.31. The van der Waals surface area contributed by atoms with E-state index >= 15 is 0 Å². The molecule has 3 nitrogen and oxygen atoms in total. The maximum Gasteiger partial charge on any atom is 0.124 e. The van der Waals surface area contributed by atoms with Crippen molar-refractivity contribution in [2.45, 2.75) is 32.2 Å². The van der Waals surface area contributed by atoms with Crippen molar-refractivity contribution in [2.24, 2.45) is 5.92 Å². The van der Waals surface area contributed by atoms with Crippen molar-refractivity contribution in [2.75, 3.05) is 20.1 Å². The summed E-state index contributed by atoms with van der Waals surface area (Å²) in [5.74, 6) is 2.19. The Morgan fingerprint density at radius 1 is 1.40 bits per heavy atom. The van der Waals surface area contributed by atoms with Crippen LogP contribution in [0.4, 0.5) is 0 Å². The third-order valence-electron chi connectivity index (χ3n) is 4.33. The Kier molecular flexibility index (Phi) is 3.99. The van der Waals surface area contributed by atoms with Gasteiger partial charge in [-0.05, 0) is 50.9 Å². The Morgan fingerprint density at radius 2 is 2.25 bits per heavy atom. The summed E-state index contributed by atoms with van der Waals surface area (Å²) in [5, 5.41) is 0. The van der Waals surface area contributed by atoms with Crippen LogP contribution in [0.1, 0.15) is 24.2 Å². The fraction of sp³-hybridized carbons (Fsp3) is 0.562. The number of fused-ring (bicyclic) bond motifs is 1. The maximum absolute atomic E-state index is 6.11. The van der Waals surface area contributed by atoms with Gasteiger partial charge in [0, 0.05) is 13.1 Å². The molecular formula is C16H22ClN3. The molecule has 1 aliphatic rings. The summed E-state index contributed by atoms with van der Waals surface area (Å²) in [6.07, 6.45) is 2.60. The molecule has 3 rings (SSSR count). The van der Waals surface area contributed by atoms with E-state index in [0.29, 0.717) is 11.8 Å². The predicted molar refractivity (Wildman–Crippen MR) is 84.2 cm³/mol. The summed E-state index contributed by atoms with van der Waals surface area (Å²) in [7, 11) is 2.21. The molecule has 1 unspecified atom stereocenters. The van der Waals surface area contributed by atoms with Gasteiger partial charge in [0.2, 0.25) is 0 Å². The van der Waals surface area contributed by atoms with Crippen molar-refractivity contribution in [1.82, 2.24) is 14.5 Å². The number of benzene rings is 1. The molecule has 2 aromatic rings.